The lowest BCUT2D eigenvalue weighted by Crippen LogP contribution is -2.46. The Morgan fingerprint density at radius 1 is 0.632 bits per heavy atom. The molecule has 0 saturated heterocycles. The summed E-state index contributed by atoms with van der Waals surface area (Å²) in [6.45, 7) is 10.5. The molecule has 0 atom stereocenters. The van der Waals surface area contributed by atoms with Gasteiger partial charge in [-0.3, -0.25) is 0 Å². The molecular formula is C15H21O3Si. The highest BCUT2D eigenvalue weighted by Crippen LogP contribution is 2.20. The summed E-state index contributed by atoms with van der Waals surface area (Å²) >= 11 is 0. The second-order valence-electron chi connectivity index (χ2n) is 5.52. The van der Waals surface area contributed by atoms with Crippen LogP contribution >= 0.6 is 0 Å². The fourth-order valence-electron chi connectivity index (χ4n) is 0.776. The maximum absolute atomic E-state index is 5.69. The van der Waals surface area contributed by atoms with E-state index >= 15 is 0 Å². The van der Waals surface area contributed by atoms with Gasteiger partial charge in [-0.2, -0.15) is 0 Å². The highest BCUT2D eigenvalue weighted by molar-refractivity contribution is 6.37. The Labute approximate surface area is 119 Å². The first-order valence-corrected chi connectivity index (χ1v) is 7.07. The largest absolute Gasteiger partial charge is 0.581 e. The van der Waals surface area contributed by atoms with Crippen LogP contribution in [0.25, 0.3) is 0 Å². The zero-order valence-electron chi connectivity index (χ0n) is 12.5. The molecule has 0 N–H and O–H groups in total. The first kappa shape index (κ1) is 17.8. The van der Waals surface area contributed by atoms with Gasteiger partial charge in [0.05, 0.1) is 0 Å². The van der Waals surface area contributed by atoms with Gasteiger partial charge in [-0.15, -0.1) is 19.3 Å². The number of hydrogen-bond acceptors (Lipinski definition) is 3. The lowest BCUT2D eigenvalue weighted by molar-refractivity contribution is -0.0203. The third-order valence-electron chi connectivity index (χ3n) is 2.06. The van der Waals surface area contributed by atoms with Crippen molar-refractivity contribution < 1.29 is 13.3 Å². The molecule has 0 aliphatic carbocycles. The van der Waals surface area contributed by atoms with E-state index in [2.05, 4.69) is 17.8 Å². The maximum Gasteiger partial charge on any atom is 0.581 e. The molecule has 1 radical (unpaired) electrons. The van der Waals surface area contributed by atoms with Gasteiger partial charge in [0.2, 0.25) is 0 Å². The Morgan fingerprint density at radius 3 is 1.00 bits per heavy atom. The quantitative estimate of drug-likeness (QED) is 0.550. The Hall–Kier alpha value is -1.22. The highest BCUT2D eigenvalue weighted by Gasteiger charge is 2.37. The Morgan fingerprint density at radius 2 is 0.842 bits per heavy atom. The summed E-state index contributed by atoms with van der Waals surface area (Å²) < 4.78 is 17.1. The van der Waals surface area contributed by atoms with Crippen molar-refractivity contribution in [2.24, 2.45) is 0 Å². The third kappa shape index (κ3) is 7.06. The summed E-state index contributed by atoms with van der Waals surface area (Å²) in [6, 6.07) is 0. The second kappa shape index (κ2) is 6.28. The third-order valence-corrected chi connectivity index (χ3v) is 4.09. The van der Waals surface area contributed by atoms with Gasteiger partial charge in [0, 0.05) is 0 Å². The van der Waals surface area contributed by atoms with Gasteiger partial charge in [-0.25, -0.2) is 0 Å². The molecule has 0 spiro atoms. The van der Waals surface area contributed by atoms with Gasteiger partial charge in [0.15, 0.2) is 0 Å². The average molecular weight is 277 g/mol. The van der Waals surface area contributed by atoms with Gasteiger partial charge in [0.1, 0.15) is 16.8 Å². The molecule has 3 nitrogen and oxygen atoms in total. The van der Waals surface area contributed by atoms with Gasteiger partial charge in [-0.05, 0) is 41.5 Å². The minimum atomic E-state index is -2.18. The second-order valence-corrected chi connectivity index (χ2v) is 6.63. The van der Waals surface area contributed by atoms with Crippen molar-refractivity contribution in [2.75, 3.05) is 0 Å². The van der Waals surface area contributed by atoms with Gasteiger partial charge in [0.25, 0.3) is 0 Å². The molecule has 0 saturated carbocycles. The molecule has 0 aromatic carbocycles. The fourth-order valence-corrected chi connectivity index (χ4v) is 2.33. The first-order valence-electron chi connectivity index (χ1n) is 5.84. The van der Waals surface area contributed by atoms with Crippen molar-refractivity contribution in [1.82, 2.24) is 0 Å². The predicted molar refractivity (Wildman–Crippen MR) is 77.7 cm³/mol. The topological polar surface area (TPSA) is 27.7 Å². The standard InChI is InChI=1S/C15H21O3Si/c1-10-13(4,5)16-19(17-14(6,7)11-2)18-15(8,9)12-3/h1-3H,4-9H3. The van der Waals surface area contributed by atoms with E-state index in [0.717, 1.165) is 0 Å². The zero-order valence-corrected chi connectivity index (χ0v) is 13.5. The van der Waals surface area contributed by atoms with E-state index in [-0.39, 0.29) is 0 Å². The molecule has 0 fully saturated rings. The molecular weight excluding hydrogens is 256 g/mol. The smallest absolute Gasteiger partial charge is 0.355 e. The summed E-state index contributed by atoms with van der Waals surface area (Å²) in [5.41, 5.74) is -2.45. The fraction of sp³-hybridized carbons (Fsp3) is 0.600. The van der Waals surface area contributed by atoms with Crippen molar-refractivity contribution in [3.8, 4) is 37.0 Å². The molecule has 0 aromatic rings. The Bertz CT molecular complexity index is 363. The van der Waals surface area contributed by atoms with Crippen molar-refractivity contribution in [1.29, 1.82) is 0 Å². The van der Waals surface area contributed by atoms with Crippen molar-refractivity contribution in [2.45, 2.75) is 58.3 Å². The van der Waals surface area contributed by atoms with E-state index in [0.29, 0.717) is 0 Å². The SMILES string of the molecule is C#CC(C)(C)O[Si](OC(C)(C)C#C)OC(C)(C)C#C. The van der Waals surface area contributed by atoms with Crippen LogP contribution in [0.3, 0.4) is 0 Å². The molecule has 0 amide bonds. The van der Waals surface area contributed by atoms with Crippen LogP contribution < -0.4 is 0 Å². The monoisotopic (exact) mass is 277 g/mol. The molecule has 19 heavy (non-hydrogen) atoms. The molecule has 4 heteroatoms. The van der Waals surface area contributed by atoms with Crippen molar-refractivity contribution in [3.63, 3.8) is 0 Å². The molecule has 0 unspecified atom stereocenters. The van der Waals surface area contributed by atoms with Gasteiger partial charge < -0.3 is 13.3 Å². The van der Waals surface area contributed by atoms with E-state index in [1.54, 1.807) is 41.5 Å². The number of terminal acetylenes is 3. The summed E-state index contributed by atoms with van der Waals surface area (Å²) in [5, 5.41) is 0. The van der Waals surface area contributed by atoms with Crippen LogP contribution in [0.2, 0.25) is 0 Å². The predicted octanol–water partition coefficient (Wildman–Crippen LogP) is 2.26. The minimum absolute atomic E-state index is 0.816. The molecule has 0 aliphatic rings. The number of hydrogen-bond donors (Lipinski definition) is 0. The van der Waals surface area contributed by atoms with Crippen molar-refractivity contribution >= 4 is 9.53 Å². The maximum atomic E-state index is 5.69. The highest BCUT2D eigenvalue weighted by atomic mass is 28.3. The number of rotatable bonds is 6. The minimum Gasteiger partial charge on any atom is -0.355 e. The van der Waals surface area contributed by atoms with Gasteiger partial charge in [-0.1, -0.05) is 17.8 Å². The Balaban J connectivity index is 5.04. The van der Waals surface area contributed by atoms with Crippen LogP contribution in [0.15, 0.2) is 0 Å². The molecule has 103 valence electrons. The molecule has 0 aliphatic heterocycles. The lowest BCUT2D eigenvalue weighted by Gasteiger charge is -2.31. The van der Waals surface area contributed by atoms with Crippen LogP contribution in [-0.2, 0) is 13.3 Å². The van der Waals surface area contributed by atoms with Crippen LogP contribution in [0.5, 0.6) is 0 Å². The Kier molecular flexibility index (Phi) is 5.88. The summed E-state index contributed by atoms with van der Waals surface area (Å²) in [6.07, 6.45) is 16.2. The van der Waals surface area contributed by atoms with Crippen LogP contribution in [-0.4, -0.2) is 26.3 Å². The molecule has 0 heterocycles. The average Bonchev–Trinajstić information content (AvgIpc) is 2.27. The van der Waals surface area contributed by atoms with Crippen LogP contribution in [0.1, 0.15) is 41.5 Å². The molecule has 0 aromatic heterocycles. The first-order chi connectivity index (χ1) is 8.47. The zero-order chi connectivity index (χ0) is 15.3. The molecule has 0 bridgehead atoms. The summed E-state index contributed by atoms with van der Waals surface area (Å²) in [4.78, 5) is 0. The van der Waals surface area contributed by atoms with E-state index in [1.807, 2.05) is 0 Å². The van der Waals surface area contributed by atoms with Crippen molar-refractivity contribution in [3.05, 3.63) is 0 Å². The van der Waals surface area contributed by atoms with E-state index < -0.39 is 26.3 Å². The lowest BCUT2D eigenvalue weighted by atomic mass is 10.2. The van der Waals surface area contributed by atoms with E-state index in [9.17, 15) is 0 Å². The molecule has 0 rings (SSSR count). The van der Waals surface area contributed by atoms with E-state index in [1.165, 1.54) is 0 Å². The van der Waals surface area contributed by atoms with E-state index in [4.69, 9.17) is 32.5 Å². The van der Waals surface area contributed by atoms with Crippen LogP contribution in [0.4, 0.5) is 0 Å². The normalized spacial score (nSPS) is 12.6. The van der Waals surface area contributed by atoms with Gasteiger partial charge >= 0.3 is 9.53 Å². The van der Waals surface area contributed by atoms with Crippen LogP contribution in [0, 0.1) is 37.0 Å². The summed E-state index contributed by atoms with van der Waals surface area (Å²) in [7, 11) is -2.18. The summed E-state index contributed by atoms with van der Waals surface area (Å²) in [5.74, 6) is 7.56.